The molecule has 2 aromatic carbocycles. The first-order chi connectivity index (χ1) is 12.3. The summed E-state index contributed by atoms with van der Waals surface area (Å²) >= 11 is 0. The molecule has 1 aromatic heterocycles. The molecule has 6 heteroatoms. The molecule has 25 heavy (non-hydrogen) atoms. The quantitative estimate of drug-likeness (QED) is 0.714. The van der Waals surface area contributed by atoms with Crippen LogP contribution in [0.1, 0.15) is 5.82 Å². The number of rotatable bonds is 4. The van der Waals surface area contributed by atoms with Crippen LogP contribution in [-0.2, 0) is 11.3 Å². The summed E-state index contributed by atoms with van der Waals surface area (Å²) in [6, 6.07) is 14.9. The van der Waals surface area contributed by atoms with Gasteiger partial charge in [-0.1, -0.05) is 12.1 Å². The summed E-state index contributed by atoms with van der Waals surface area (Å²) in [5.74, 6) is 1.81. The van der Waals surface area contributed by atoms with Gasteiger partial charge < -0.3 is 15.2 Å². The number of nitrogens with one attached hydrogen (secondary N) is 1. The van der Waals surface area contributed by atoms with Crippen molar-refractivity contribution in [2.24, 2.45) is 0 Å². The normalized spacial score (nSPS) is 15.4. The van der Waals surface area contributed by atoms with E-state index in [1.807, 2.05) is 36.4 Å². The van der Waals surface area contributed by atoms with Crippen molar-refractivity contribution in [1.82, 2.24) is 14.9 Å². The van der Waals surface area contributed by atoms with Gasteiger partial charge in [-0.05, 0) is 36.4 Å². The minimum Gasteiger partial charge on any atom is -0.508 e. The Bertz CT molecular complexity index is 861. The zero-order valence-electron chi connectivity index (χ0n) is 13.9. The molecule has 4 rings (SSSR count). The number of benzene rings is 2. The van der Waals surface area contributed by atoms with Crippen LogP contribution >= 0.6 is 0 Å². The second kappa shape index (κ2) is 7.04. The number of hydrogen-bond acceptors (Lipinski definition) is 6. The summed E-state index contributed by atoms with van der Waals surface area (Å²) in [5.41, 5.74) is 1.79. The first-order valence-electron chi connectivity index (χ1n) is 8.40. The third-order valence-electron chi connectivity index (χ3n) is 4.25. The van der Waals surface area contributed by atoms with E-state index in [1.165, 1.54) is 0 Å². The molecule has 0 spiro atoms. The standard InChI is InChI=1S/C19H20N4O2/c24-15-7-5-14(6-8-15)20-19-16-3-1-2-4-17(16)21-18(22-19)13-23-9-11-25-12-10-23/h1-8,24H,9-13H2,(H,20,21,22). The van der Waals surface area contributed by atoms with Gasteiger partial charge in [0.15, 0.2) is 0 Å². The molecule has 3 aromatic rings. The summed E-state index contributed by atoms with van der Waals surface area (Å²) in [5, 5.41) is 13.8. The van der Waals surface area contributed by atoms with E-state index in [0.29, 0.717) is 6.54 Å². The average Bonchev–Trinajstić information content (AvgIpc) is 2.64. The lowest BCUT2D eigenvalue weighted by atomic mass is 10.2. The van der Waals surface area contributed by atoms with Gasteiger partial charge in [0, 0.05) is 24.2 Å². The van der Waals surface area contributed by atoms with Crippen LogP contribution < -0.4 is 5.32 Å². The molecule has 1 aliphatic rings. The van der Waals surface area contributed by atoms with Crippen molar-refractivity contribution in [2.45, 2.75) is 6.54 Å². The predicted molar refractivity (Wildman–Crippen MR) is 97.0 cm³/mol. The van der Waals surface area contributed by atoms with E-state index in [0.717, 1.165) is 54.5 Å². The highest BCUT2D eigenvalue weighted by molar-refractivity contribution is 5.90. The van der Waals surface area contributed by atoms with Crippen molar-refractivity contribution in [3.05, 3.63) is 54.4 Å². The van der Waals surface area contributed by atoms with Crippen molar-refractivity contribution in [2.75, 3.05) is 31.6 Å². The lowest BCUT2D eigenvalue weighted by Gasteiger charge is -2.26. The molecule has 0 unspecified atom stereocenters. The number of morpholine rings is 1. The number of ether oxygens (including phenoxy) is 1. The van der Waals surface area contributed by atoms with Gasteiger partial charge in [0.05, 0.1) is 25.3 Å². The Labute approximate surface area is 146 Å². The molecule has 2 N–H and O–H groups in total. The van der Waals surface area contributed by atoms with Crippen LogP contribution in [-0.4, -0.2) is 46.3 Å². The van der Waals surface area contributed by atoms with Gasteiger partial charge in [0.1, 0.15) is 17.4 Å². The Hall–Kier alpha value is -2.70. The molecular weight excluding hydrogens is 316 g/mol. The minimum absolute atomic E-state index is 0.242. The van der Waals surface area contributed by atoms with E-state index in [2.05, 4.69) is 10.2 Å². The largest absolute Gasteiger partial charge is 0.508 e. The van der Waals surface area contributed by atoms with Gasteiger partial charge in [-0.2, -0.15) is 0 Å². The fourth-order valence-electron chi connectivity index (χ4n) is 2.93. The van der Waals surface area contributed by atoms with Crippen molar-refractivity contribution in [3.63, 3.8) is 0 Å². The first-order valence-corrected chi connectivity index (χ1v) is 8.40. The van der Waals surface area contributed by atoms with Crippen molar-refractivity contribution >= 4 is 22.4 Å². The Morgan fingerprint density at radius 1 is 1.00 bits per heavy atom. The highest BCUT2D eigenvalue weighted by Crippen LogP contribution is 2.25. The van der Waals surface area contributed by atoms with Crippen LogP contribution in [0.2, 0.25) is 0 Å². The van der Waals surface area contributed by atoms with Gasteiger partial charge in [-0.3, -0.25) is 4.90 Å². The summed E-state index contributed by atoms with van der Waals surface area (Å²) in [4.78, 5) is 11.8. The topological polar surface area (TPSA) is 70.5 Å². The van der Waals surface area contributed by atoms with E-state index in [9.17, 15) is 5.11 Å². The maximum absolute atomic E-state index is 9.45. The van der Waals surface area contributed by atoms with Gasteiger partial charge in [-0.25, -0.2) is 9.97 Å². The zero-order chi connectivity index (χ0) is 17.1. The van der Waals surface area contributed by atoms with Gasteiger partial charge in [0.25, 0.3) is 0 Å². The average molecular weight is 336 g/mol. The maximum Gasteiger partial charge on any atom is 0.145 e. The van der Waals surface area contributed by atoms with Gasteiger partial charge >= 0.3 is 0 Å². The number of phenolic OH excluding ortho intramolecular Hbond substituents is 1. The lowest BCUT2D eigenvalue weighted by Crippen LogP contribution is -2.36. The summed E-state index contributed by atoms with van der Waals surface area (Å²) in [6.07, 6.45) is 0. The molecule has 0 bridgehead atoms. The summed E-state index contributed by atoms with van der Waals surface area (Å²) in [7, 11) is 0. The van der Waals surface area contributed by atoms with Crippen LogP contribution in [0.3, 0.4) is 0 Å². The zero-order valence-corrected chi connectivity index (χ0v) is 13.9. The Morgan fingerprint density at radius 2 is 1.76 bits per heavy atom. The van der Waals surface area contributed by atoms with Gasteiger partial charge in [0.2, 0.25) is 0 Å². The molecule has 1 saturated heterocycles. The maximum atomic E-state index is 9.45. The summed E-state index contributed by atoms with van der Waals surface area (Å²) < 4.78 is 5.40. The van der Waals surface area contributed by atoms with Crippen LogP contribution in [0.4, 0.5) is 11.5 Å². The fourth-order valence-corrected chi connectivity index (χ4v) is 2.93. The number of aromatic hydroxyl groups is 1. The van der Waals surface area contributed by atoms with Crippen LogP contribution in [0.5, 0.6) is 5.75 Å². The third kappa shape index (κ3) is 3.70. The lowest BCUT2D eigenvalue weighted by molar-refractivity contribution is 0.0331. The van der Waals surface area contributed by atoms with Gasteiger partial charge in [-0.15, -0.1) is 0 Å². The molecule has 0 aliphatic carbocycles. The van der Waals surface area contributed by atoms with Crippen molar-refractivity contribution in [3.8, 4) is 5.75 Å². The molecule has 6 nitrogen and oxygen atoms in total. The number of phenols is 1. The number of fused-ring (bicyclic) bond motifs is 1. The Morgan fingerprint density at radius 3 is 2.56 bits per heavy atom. The monoisotopic (exact) mass is 336 g/mol. The first kappa shape index (κ1) is 15.8. The number of hydrogen-bond donors (Lipinski definition) is 2. The molecule has 128 valence electrons. The van der Waals surface area contributed by atoms with Crippen LogP contribution in [0.15, 0.2) is 48.5 Å². The number of nitrogens with zero attached hydrogens (tertiary/aromatic N) is 3. The molecule has 1 fully saturated rings. The van der Waals surface area contributed by atoms with E-state index in [-0.39, 0.29) is 5.75 Å². The third-order valence-corrected chi connectivity index (χ3v) is 4.25. The molecule has 0 atom stereocenters. The highest BCUT2D eigenvalue weighted by Gasteiger charge is 2.14. The van der Waals surface area contributed by atoms with E-state index in [1.54, 1.807) is 12.1 Å². The van der Waals surface area contributed by atoms with Crippen molar-refractivity contribution in [1.29, 1.82) is 0 Å². The van der Waals surface area contributed by atoms with Crippen LogP contribution in [0, 0.1) is 0 Å². The minimum atomic E-state index is 0.242. The molecule has 2 heterocycles. The Balaban J connectivity index is 1.66. The van der Waals surface area contributed by atoms with E-state index in [4.69, 9.17) is 14.7 Å². The SMILES string of the molecule is Oc1ccc(Nc2nc(CN3CCOCC3)nc3ccccc23)cc1. The fraction of sp³-hybridized carbons (Fsp3) is 0.263. The summed E-state index contributed by atoms with van der Waals surface area (Å²) in [6.45, 7) is 4.02. The molecule has 1 aliphatic heterocycles. The molecular formula is C19H20N4O2. The number of aromatic nitrogens is 2. The smallest absolute Gasteiger partial charge is 0.145 e. The van der Waals surface area contributed by atoms with Crippen molar-refractivity contribution < 1.29 is 9.84 Å². The highest BCUT2D eigenvalue weighted by atomic mass is 16.5. The van der Waals surface area contributed by atoms with E-state index < -0.39 is 0 Å². The number of para-hydroxylation sites is 1. The predicted octanol–water partition coefficient (Wildman–Crippen LogP) is 2.91. The second-order valence-corrected chi connectivity index (χ2v) is 6.07. The van der Waals surface area contributed by atoms with E-state index >= 15 is 0 Å². The molecule has 0 amide bonds. The molecule has 0 saturated carbocycles. The number of anilines is 2. The molecule has 0 radical (unpaired) electrons. The second-order valence-electron chi connectivity index (χ2n) is 6.07. The Kier molecular flexibility index (Phi) is 4.45. The van der Waals surface area contributed by atoms with Crippen LogP contribution in [0.25, 0.3) is 10.9 Å².